The third-order valence-electron chi connectivity index (χ3n) is 2.57. The Morgan fingerprint density at radius 1 is 1.15 bits per heavy atom. The Bertz CT molecular complexity index is 386. The lowest BCUT2D eigenvalue weighted by atomic mass is 10.1. The second kappa shape index (κ2) is 9.49. The fourth-order valence-electron chi connectivity index (χ4n) is 1.41. The van der Waals surface area contributed by atoms with Crippen LogP contribution in [0.4, 0.5) is 0 Å². The van der Waals surface area contributed by atoms with Crippen LogP contribution in [0.3, 0.4) is 0 Å². The molecule has 2 atom stereocenters. The van der Waals surface area contributed by atoms with Gasteiger partial charge in [0.15, 0.2) is 10.9 Å². The molecule has 0 aromatic heterocycles. The SMILES string of the molecule is CN[C@@H](CCC(=O)O)C(=O)N[C@@H](CSC(C)=O)C(C)=O. The van der Waals surface area contributed by atoms with Crippen LogP contribution < -0.4 is 10.6 Å². The number of rotatable bonds is 9. The Kier molecular flexibility index (Phi) is 8.82. The van der Waals surface area contributed by atoms with E-state index in [1.807, 2.05) is 0 Å². The van der Waals surface area contributed by atoms with Gasteiger partial charge in [-0.2, -0.15) is 0 Å². The van der Waals surface area contributed by atoms with E-state index in [9.17, 15) is 19.2 Å². The smallest absolute Gasteiger partial charge is 0.303 e. The summed E-state index contributed by atoms with van der Waals surface area (Å²) in [4.78, 5) is 44.7. The predicted molar refractivity (Wildman–Crippen MR) is 75.5 cm³/mol. The lowest BCUT2D eigenvalue weighted by Crippen LogP contribution is -2.50. The summed E-state index contributed by atoms with van der Waals surface area (Å²) < 4.78 is 0. The highest BCUT2D eigenvalue weighted by Crippen LogP contribution is 2.06. The number of nitrogens with one attached hydrogen (secondary N) is 2. The van der Waals surface area contributed by atoms with Gasteiger partial charge in [0.25, 0.3) is 0 Å². The average molecular weight is 304 g/mol. The maximum absolute atomic E-state index is 11.9. The molecule has 114 valence electrons. The Morgan fingerprint density at radius 2 is 1.75 bits per heavy atom. The van der Waals surface area contributed by atoms with Crippen LogP contribution >= 0.6 is 11.8 Å². The number of hydrogen-bond acceptors (Lipinski definition) is 6. The molecule has 0 heterocycles. The minimum absolute atomic E-state index is 0.127. The number of aliphatic carboxylic acids is 1. The summed E-state index contributed by atoms with van der Waals surface area (Å²) in [7, 11) is 1.54. The summed E-state index contributed by atoms with van der Waals surface area (Å²) in [5.41, 5.74) is 0. The highest BCUT2D eigenvalue weighted by atomic mass is 32.2. The molecule has 3 N–H and O–H groups in total. The molecule has 0 aromatic rings. The summed E-state index contributed by atoms with van der Waals surface area (Å²) >= 11 is 0.958. The van der Waals surface area contributed by atoms with Crippen molar-refractivity contribution in [2.24, 2.45) is 0 Å². The van der Waals surface area contributed by atoms with Crippen LogP contribution in [0.2, 0.25) is 0 Å². The molecule has 0 aliphatic carbocycles. The van der Waals surface area contributed by atoms with Crippen LogP contribution in [-0.2, 0) is 19.2 Å². The topological polar surface area (TPSA) is 113 Å². The van der Waals surface area contributed by atoms with E-state index < -0.39 is 24.0 Å². The number of carbonyl (C=O) groups excluding carboxylic acids is 3. The van der Waals surface area contributed by atoms with Crippen LogP contribution in [-0.4, -0.2) is 52.8 Å². The number of carboxylic acid groups (broad SMARTS) is 1. The summed E-state index contributed by atoms with van der Waals surface area (Å²) in [5.74, 6) is -1.52. The second-order valence-electron chi connectivity index (χ2n) is 4.25. The van der Waals surface area contributed by atoms with E-state index in [4.69, 9.17) is 5.11 Å². The quantitative estimate of drug-likeness (QED) is 0.540. The van der Waals surface area contributed by atoms with E-state index in [0.29, 0.717) is 0 Å². The van der Waals surface area contributed by atoms with Gasteiger partial charge in [-0.25, -0.2) is 0 Å². The maximum Gasteiger partial charge on any atom is 0.303 e. The lowest BCUT2D eigenvalue weighted by Gasteiger charge is -2.20. The number of Topliss-reactive ketones (excluding diaryl/α,β-unsaturated/α-hetero) is 1. The molecule has 20 heavy (non-hydrogen) atoms. The highest BCUT2D eigenvalue weighted by Gasteiger charge is 2.23. The molecule has 0 radical (unpaired) electrons. The Balaban J connectivity index is 4.51. The molecular formula is C12H20N2O5S. The number of likely N-dealkylation sites (N-methyl/N-ethyl adjacent to an activating group) is 1. The van der Waals surface area contributed by atoms with Crippen molar-refractivity contribution in [3.8, 4) is 0 Å². The van der Waals surface area contributed by atoms with Gasteiger partial charge in [-0.15, -0.1) is 0 Å². The highest BCUT2D eigenvalue weighted by molar-refractivity contribution is 8.13. The van der Waals surface area contributed by atoms with E-state index in [2.05, 4.69) is 10.6 Å². The van der Waals surface area contributed by atoms with Crippen LogP contribution in [0.15, 0.2) is 0 Å². The first kappa shape index (κ1) is 18.6. The van der Waals surface area contributed by atoms with E-state index >= 15 is 0 Å². The number of carboxylic acids is 1. The Morgan fingerprint density at radius 3 is 2.15 bits per heavy atom. The standard InChI is InChI=1S/C12H20N2O5S/c1-7(15)10(6-20-8(2)16)14-12(19)9(13-3)4-5-11(17)18/h9-10,13H,4-6H2,1-3H3,(H,14,19)(H,17,18)/t9-,10-/m0/s1. The monoisotopic (exact) mass is 304 g/mol. The molecule has 7 nitrogen and oxygen atoms in total. The zero-order chi connectivity index (χ0) is 15.7. The van der Waals surface area contributed by atoms with Crippen LogP contribution in [0.25, 0.3) is 0 Å². The molecule has 0 bridgehead atoms. The zero-order valence-electron chi connectivity index (χ0n) is 11.8. The number of amides is 1. The van der Waals surface area contributed by atoms with Gasteiger partial charge < -0.3 is 15.7 Å². The van der Waals surface area contributed by atoms with E-state index in [1.165, 1.54) is 13.8 Å². The number of thioether (sulfide) groups is 1. The van der Waals surface area contributed by atoms with Crippen molar-refractivity contribution in [1.29, 1.82) is 0 Å². The maximum atomic E-state index is 11.9. The molecule has 0 aliphatic rings. The fraction of sp³-hybridized carbons (Fsp3) is 0.667. The van der Waals surface area contributed by atoms with Crippen molar-refractivity contribution in [2.45, 2.75) is 38.8 Å². The lowest BCUT2D eigenvalue weighted by molar-refractivity contribution is -0.137. The Hall–Kier alpha value is -1.41. The molecule has 0 aromatic carbocycles. The van der Waals surface area contributed by atoms with Crippen LogP contribution in [0.5, 0.6) is 0 Å². The summed E-state index contributed by atoms with van der Waals surface area (Å²) in [6.07, 6.45) is -0.0198. The molecule has 0 spiro atoms. The third-order valence-corrected chi connectivity index (χ3v) is 3.48. The van der Waals surface area contributed by atoms with Crippen LogP contribution in [0.1, 0.15) is 26.7 Å². The molecular weight excluding hydrogens is 284 g/mol. The van der Waals surface area contributed by atoms with Crippen molar-refractivity contribution in [2.75, 3.05) is 12.8 Å². The van der Waals surface area contributed by atoms with Crippen molar-refractivity contribution < 1.29 is 24.3 Å². The predicted octanol–water partition coefficient (Wildman–Crippen LogP) is -0.207. The zero-order valence-corrected chi connectivity index (χ0v) is 12.6. The van der Waals surface area contributed by atoms with E-state index in [1.54, 1.807) is 7.05 Å². The minimum Gasteiger partial charge on any atom is -0.481 e. The largest absolute Gasteiger partial charge is 0.481 e. The van der Waals surface area contributed by atoms with Crippen molar-refractivity contribution >= 4 is 34.5 Å². The van der Waals surface area contributed by atoms with Gasteiger partial charge in [-0.1, -0.05) is 11.8 Å². The van der Waals surface area contributed by atoms with E-state index in [0.717, 1.165) is 11.8 Å². The van der Waals surface area contributed by atoms with Gasteiger partial charge in [0.05, 0.1) is 12.1 Å². The molecule has 0 saturated heterocycles. The first-order valence-corrected chi connectivity index (χ1v) is 7.09. The van der Waals surface area contributed by atoms with Crippen molar-refractivity contribution in [3.05, 3.63) is 0 Å². The first-order chi connectivity index (χ1) is 9.27. The van der Waals surface area contributed by atoms with Gasteiger partial charge in [0, 0.05) is 19.1 Å². The average Bonchev–Trinajstić information content (AvgIpc) is 2.34. The number of ketones is 1. The third kappa shape index (κ3) is 7.90. The van der Waals surface area contributed by atoms with Gasteiger partial charge >= 0.3 is 5.97 Å². The minimum atomic E-state index is -0.992. The van der Waals surface area contributed by atoms with Gasteiger partial charge in [0.1, 0.15) is 0 Å². The van der Waals surface area contributed by atoms with Crippen molar-refractivity contribution in [3.63, 3.8) is 0 Å². The Labute approximate surface area is 121 Å². The first-order valence-electron chi connectivity index (χ1n) is 6.11. The molecule has 0 fully saturated rings. The molecule has 0 saturated carbocycles. The summed E-state index contributed by atoms with van der Waals surface area (Å²) in [6.45, 7) is 2.71. The second-order valence-corrected chi connectivity index (χ2v) is 5.45. The molecule has 1 amide bonds. The molecule has 0 rings (SSSR count). The number of carbonyl (C=O) groups is 4. The molecule has 0 aliphatic heterocycles. The molecule has 0 unspecified atom stereocenters. The van der Waals surface area contributed by atoms with Gasteiger partial charge in [-0.05, 0) is 20.4 Å². The van der Waals surface area contributed by atoms with E-state index in [-0.39, 0.29) is 29.5 Å². The van der Waals surface area contributed by atoms with Crippen molar-refractivity contribution in [1.82, 2.24) is 10.6 Å². The van der Waals surface area contributed by atoms with Gasteiger partial charge in [0.2, 0.25) is 5.91 Å². The number of hydrogen-bond donors (Lipinski definition) is 3. The molecule has 8 heteroatoms. The fourth-order valence-corrected chi connectivity index (χ4v) is 2.13. The summed E-state index contributed by atoms with van der Waals surface area (Å²) in [5, 5.41) is 13.7. The normalized spacial score (nSPS) is 13.3. The van der Waals surface area contributed by atoms with Gasteiger partial charge in [-0.3, -0.25) is 19.2 Å². The summed E-state index contributed by atoms with van der Waals surface area (Å²) in [6, 6.07) is -1.44. The van der Waals surface area contributed by atoms with Crippen LogP contribution in [0, 0.1) is 0 Å².